The van der Waals surface area contributed by atoms with Crippen molar-refractivity contribution in [2.75, 3.05) is 30.3 Å². The fourth-order valence-electron chi connectivity index (χ4n) is 3.26. The van der Waals surface area contributed by atoms with E-state index in [0.717, 1.165) is 10.5 Å². The van der Waals surface area contributed by atoms with Crippen LogP contribution in [0.25, 0.3) is 0 Å². The lowest BCUT2D eigenvalue weighted by Crippen LogP contribution is -2.43. The Hall–Kier alpha value is -2.07. The van der Waals surface area contributed by atoms with E-state index in [9.17, 15) is 18.0 Å². The van der Waals surface area contributed by atoms with E-state index >= 15 is 0 Å². The number of halogens is 1. The molecule has 2 amide bonds. The summed E-state index contributed by atoms with van der Waals surface area (Å²) in [6, 6.07) is 11.9. The zero-order valence-electron chi connectivity index (χ0n) is 17.3. The van der Waals surface area contributed by atoms with Gasteiger partial charge in [0.25, 0.3) is 0 Å². The van der Waals surface area contributed by atoms with Gasteiger partial charge in [-0.2, -0.15) is 4.31 Å². The van der Waals surface area contributed by atoms with Crippen molar-refractivity contribution in [3.8, 4) is 0 Å². The lowest BCUT2D eigenvalue weighted by Gasteiger charge is -2.29. The molecular formula is C21H24ClN3O4S2. The smallest absolute Gasteiger partial charge is 0.243 e. The molecule has 0 saturated heterocycles. The third kappa shape index (κ3) is 5.23. The summed E-state index contributed by atoms with van der Waals surface area (Å²) < 4.78 is 27.2. The van der Waals surface area contributed by atoms with Crippen molar-refractivity contribution in [1.82, 2.24) is 9.62 Å². The number of amides is 2. The molecule has 0 bridgehead atoms. The van der Waals surface area contributed by atoms with E-state index in [4.69, 9.17) is 11.6 Å². The van der Waals surface area contributed by atoms with Gasteiger partial charge in [0, 0.05) is 29.6 Å². The highest BCUT2D eigenvalue weighted by atomic mass is 35.5. The molecule has 0 saturated carbocycles. The summed E-state index contributed by atoms with van der Waals surface area (Å²) in [6.45, 7) is 4.27. The number of hydrogen-bond donors (Lipinski definition) is 1. The van der Waals surface area contributed by atoms with E-state index in [1.807, 2.05) is 12.1 Å². The molecule has 1 aliphatic heterocycles. The van der Waals surface area contributed by atoms with Crippen LogP contribution < -0.4 is 10.2 Å². The number of benzene rings is 2. The molecule has 3 rings (SSSR count). The van der Waals surface area contributed by atoms with Crippen molar-refractivity contribution in [1.29, 1.82) is 0 Å². The minimum atomic E-state index is -3.68. The quantitative estimate of drug-likeness (QED) is 0.626. The van der Waals surface area contributed by atoms with Crippen molar-refractivity contribution in [3.05, 3.63) is 53.1 Å². The van der Waals surface area contributed by atoms with Gasteiger partial charge in [-0.15, -0.1) is 11.8 Å². The van der Waals surface area contributed by atoms with Crippen LogP contribution in [0.2, 0.25) is 5.02 Å². The summed E-state index contributed by atoms with van der Waals surface area (Å²) in [6.07, 6.45) is 0. The van der Waals surface area contributed by atoms with Gasteiger partial charge in [0.05, 0.1) is 16.3 Å². The Balaban J connectivity index is 1.82. The SMILES string of the molecule is CCN(CC)S(=O)(=O)c1ccc2c(c1)N(CC(=O)NCc1ccccc1Cl)C(=O)CS2. The van der Waals surface area contributed by atoms with E-state index in [1.54, 1.807) is 38.1 Å². The molecule has 0 unspecified atom stereocenters. The molecule has 0 atom stereocenters. The first-order valence-corrected chi connectivity index (χ1v) is 12.7. The molecule has 0 radical (unpaired) electrons. The van der Waals surface area contributed by atoms with E-state index in [-0.39, 0.29) is 35.6 Å². The summed E-state index contributed by atoms with van der Waals surface area (Å²) in [5, 5.41) is 3.32. The second kappa shape index (κ2) is 10.0. The highest BCUT2D eigenvalue weighted by Crippen LogP contribution is 2.37. The van der Waals surface area contributed by atoms with Gasteiger partial charge in [-0.3, -0.25) is 9.59 Å². The second-order valence-corrected chi connectivity index (χ2v) is 10.2. The third-order valence-electron chi connectivity index (χ3n) is 4.95. The highest BCUT2D eigenvalue weighted by molar-refractivity contribution is 8.00. The maximum absolute atomic E-state index is 12.9. The fourth-order valence-corrected chi connectivity index (χ4v) is 5.86. The van der Waals surface area contributed by atoms with Gasteiger partial charge in [0.2, 0.25) is 21.8 Å². The van der Waals surface area contributed by atoms with Gasteiger partial charge >= 0.3 is 0 Å². The Kier molecular flexibility index (Phi) is 7.64. The number of rotatable bonds is 8. The van der Waals surface area contributed by atoms with Crippen molar-refractivity contribution >= 4 is 50.9 Å². The van der Waals surface area contributed by atoms with E-state index in [1.165, 1.54) is 27.0 Å². The number of thioether (sulfide) groups is 1. The van der Waals surface area contributed by atoms with Crippen LogP contribution in [0.5, 0.6) is 0 Å². The fraction of sp³-hybridized carbons (Fsp3) is 0.333. The van der Waals surface area contributed by atoms with Crippen LogP contribution in [0.1, 0.15) is 19.4 Å². The molecule has 2 aromatic rings. The number of sulfonamides is 1. The topological polar surface area (TPSA) is 86.8 Å². The number of nitrogens with zero attached hydrogens (tertiary/aromatic N) is 2. The Morgan fingerprint density at radius 2 is 1.90 bits per heavy atom. The Morgan fingerprint density at radius 1 is 1.19 bits per heavy atom. The second-order valence-electron chi connectivity index (χ2n) is 6.86. The molecular weight excluding hydrogens is 458 g/mol. The summed E-state index contributed by atoms with van der Waals surface area (Å²) in [5.41, 5.74) is 1.20. The Bertz CT molecular complexity index is 1090. The molecule has 0 fully saturated rings. The Morgan fingerprint density at radius 3 is 2.58 bits per heavy atom. The van der Waals surface area contributed by atoms with Crippen molar-refractivity contribution in [3.63, 3.8) is 0 Å². The monoisotopic (exact) mass is 481 g/mol. The molecule has 0 spiro atoms. The maximum atomic E-state index is 12.9. The molecule has 1 heterocycles. The number of fused-ring (bicyclic) bond motifs is 1. The number of nitrogens with one attached hydrogen (secondary N) is 1. The van der Waals surface area contributed by atoms with Gasteiger partial charge in [-0.1, -0.05) is 43.6 Å². The number of hydrogen-bond acceptors (Lipinski definition) is 5. The third-order valence-corrected chi connectivity index (χ3v) is 8.41. The van der Waals surface area contributed by atoms with Gasteiger partial charge in [0.1, 0.15) is 6.54 Å². The average Bonchev–Trinajstić information content (AvgIpc) is 2.75. The van der Waals surface area contributed by atoms with Crippen molar-refractivity contribution < 1.29 is 18.0 Å². The molecule has 7 nitrogen and oxygen atoms in total. The van der Waals surface area contributed by atoms with Crippen LogP contribution in [0, 0.1) is 0 Å². The first-order chi connectivity index (χ1) is 14.8. The lowest BCUT2D eigenvalue weighted by atomic mass is 10.2. The van der Waals surface area contributed by atoms with Crippen LogP contribution >= 0.6 is 23.4 Å². The lowest BCUT2D eigenvalue weighted by molar-refractivity contribution is -0.123. The molecule has 0 aromatic heterocycles. The minimum Gasteiger partial charge on any atom is -0.350 e. The number of anilines is 1. The molecule has 1 N–H and O–H groups in total. The van der Waals surface area contributed by atoms with Crippen LogP contribution in [0.15, 0.2) is 52.3 Å². The predicted molar refractivity (Wildman–Crippen MR) is 123 cm³/mol. The van der Waals surface area contributed by atoms with E-state index in [0.29, 0.717) is 23.8 Å². The largest absolute Gasteiger partial charge is 0.350 e. The number of carbonyl (C=O) groups excluding carboxylic acids is 2. The van der Waals surface area contributed by atoms with Crippen LogP contribution in [0.3, 0.4) is 0 Å². The van der Waals surface area contributed by atoms with E-state index in [2.05, 4.69) is 5.32 Å². The average molecular weight is 482 g/mol. The minimum absolute atomic E-state index is 0.103. The van der Waals surface area contributed by atoms with Gasteiger partial charge < -0.3 is 10.2 Å². The van der Waals surface area contributed by atoms with E-state index < -0.39 is 10.0 Å². The van der Waals surface area contributed by atoms with Crippen LogP contribution in [0.4, 0.5) is 5.69 Å². The van der Waals surface area contributed by atoms with Crippen LogP contribution in [-0.4, -0.2) is 49.9 Å². The molecule has 10 heteroatoms. The molecule has 2 aromatic carbocycles. The summed E-state index contributed by atoms with van der Waals surface area (Å²) in [5.74, 6) is -0.418. The molecule has 1 aliphatic rings. The molecule has 31 heavy (non-hydrogen) atoms. The first kappa shape index (κ1) is 23.6. The highest BCUT2D eigenvalue weighted by Gasteiger charge is 2.30. The maximum Gasteiger partial charge on any atom is 0.243 e. The standard InChI is InChI=1S/C21H24ClN3O4S2/c1-3-24(4-2)31(28,29)16-9-10-19-18(11-16)25(21(27)14-30-19)13-20(26)23-12-15-7-5-6-8-17(15)22/h5-11H,3-4,12-14H2,1-2H3,(H,23,26). The van der Waals surface area contributed by atoms with Crippen molar-refractivity contribution in [2.45, 2.75) is 30.2 Å². The van der Waals surface area contributed by atoms with Gasteiger partial charge in [-0.25, -0.2) is 8.42 Å². The normalized spacial score (nSPS) is 13.9. The van der Waals surface area contributed by atoms with Gasteiger partial charge in [-0.05, 0) is 29.8 Å². The zero-order chi connectivity index (χ0) is 22.6. The first-order valence-electron chi connectivity index (χ1n) is 9.85. The molecule has 0 aliphatic carbocycles. The van der Waals surface area contributed by atoms with Gasteiger partial charge in [0.15, 0.2) is 0 Å². The summed E-state index contributed by atoms with van der Waals surface area (Å²) >= 11 is 7.45. The summed E-state index contributed by atoms with van der Waals surface area (Å²) in [7, 11) is -3.68. The van der Waals surface area contributed by atoms with Crippen LogP contribution in [-0.2, 0) is 26.2 Å². The number of carbonyl (C=O) groups is 2. The van der Waals surface area contributed by atoms with Crippen molar-refractivity contribution in [2.24, 2.45) is 0 Å². The summed E-state index contributed by atoms with van der Waals surface area (Å²) in [4.78, 5) is 27.3. The Labute approximate surface area is 191 Å². The molecule has 166 valence electrons. The zero-order valence-corrected chi connectivity index (χ0v) is 19.7. The predicted octanol–water partition coefficient (Wildman–Crippen LogP) is 3.13.